The van der Waals surface area contributed by atoms with Gasteiger partial charge in [0, 0.05) is 0 Å². The van der Waals surface area contributed by atoms with Crippen molar-refractivity contribution < 1.29 is 0 Å². The summed E-state index contributed by atoms with van der Waals surface area (Å²) in [7, 11) is 0. The molecule has 0 heterocycles. The van der Waals surface area contributed by atoms with Gasteiger partial charge in [-0.3, -0.25) is 0 Å². The first-order valence-electron chi connectivity index (χ1n) is 13.7. The largest absolute Gasteiger partial charge is 0.0588 e. The van der Waals surface area contributed by atoms with E-state index in [1.165, 1.54) is 107 Å². The molecule has 0 aromatic carbocycles. The summed E-state index contributed by atoms with van der Waals surface area (Å²) >= 11 is 0. The third-order valence-corrected chi connectivity index (χ3v) is 16.6. The van der Waals surface area contributed by atoms with E-state index in [1.54, 1.807) is 38.5 Å². The zero-order chi connectivity index (χ0) is 17.6. The molecule has 0 heteroatoms. The molecule has 0 aliphatic heterocycles. The van der Waals surface area contributed by atoms with Crippen LogP contribution < -0.4 is 0 Å². The summed E-state index contributed by atoms with van der Waals surface area (Å²) < 4.78 is 0. The Morgan fingerprint density at radius 2 is 1.04 bits per heavy atom. The Balaban J connectivity index is 0.941. The lowest BCUT2D eigenvalue weighted by atomic mass is 9.09. The number of fused-ring (bicyclic) bond motifs is 26. The van der Waals surface area contributed by atoms with E-state index in [0.29, 0.717) is 0 Å². The van der Waals surface area contributed by atoms with Gasteiger partial charge in [0.25, 0.3) is 0 Å². The summed E-state index contributed by atoms with van der Waals surface area (Å²) in [5, 5.41) is 0. The summed E-state index contributed by atoms with van der Waals surface area (Å²) in [5.41, 5.74) is 1.58. The molecule has 0 nitrogen and oxygen atoms in total. The summed E-state index contributed by atoms with van der Waals surface area (Å²) in [6.45, 7) is 5.67. The van der Waals surface area contributed by atoms with E-state index in [2.05, 4.69) is 13.8 Å². The maximum Gasteiger partial charge on any atom is -0.0201 e. The van der Waals surface area contributed by atoms with Gasteiger partial charge in [0.15, 0.2) is 0 Å². The monoisotopic (exact) mass is 372 g/mol. The lowest BCUT2D eigenvalue weighted by Gasteiger charge is -2.95. The predicted molar refractivity (Wildman–Crippen MR) is 107 cm³/mol. The number of rotatable bonds is 0. The van der Waals surface area contributed by atoms with Crippen molar-refractivity contribution in [2.24, 2.45) is 117 Å². The van der Waals surface area contributed by atoms with Crippen molar-refractivity contribution >= 4 is 0 Å². The topological polar surface area (TPSA) is 0 Å². The van der Waals surface area contributed by atoms with Gasteiger partial charge in [0.2, 0.25) is 0 Å². The Kier molecular flexibility index (Phi) is 1.78. The highest BCUT2D eigenvalue weighted by atomic mass is 15.0. The van der Waals surface area contributed by atoms with Crippen LogP contribution in [0.15, 0.2) is 0 Å². The molecule has 20 unspecified atom stereocenters. The molecule has 28 heavy (non-hydrogen) atoms. The van der Waals surface area contributed by atoms with Crippen molar-refractivity contribution in [2.45, 2.75) is 52.4 Å². The minimum atomic E-state index is 0.775. The molecule has 11 aliphatic carbocycles. The standard InChI is InChI=1S/C28H36/c1-27-8-14-13(19-20(14)23-17-10-4-3-9(10)16(17)22(19)23)7-15(27)25-24-18-11-5-6-12(11)21(18)26(24)28(25,27)2/h9-26H,3-8H2,1-2H3. The fourth-order valence-corrected chi connectivity index (χ4v) is 15.8. The van der Waals surface area contributed by atoms with Gasteiger partial charge in [-0.15, -0.1) is 0 Å². The third kappa shape index (κ3) is 0.905. The molecule has 148 valence electrons. The van der Waals surface area contributed by atoms with E-state index in [4.69, 9.17) is 0 Å². The van der Waals surface area contributed by atoms with Gasteiger partial charge < -0.3 is 0 Å². The molecular weight excluding hydrogens is 336 g/mol. The maximum absolute atomic E-state index is 2.84. The van der Waals surface area contributed by atoms with E-state index in [-0.39, 0.29) is 0 Å². The molecule has 0 N–H and O–H groups in total. The highest BCUT2D eigenvalue weighted by Crippen LogP contribution is 2.96. The van der Waals surface area contributed by atoms with Crippen LogP contribution >= 0.6 is 0 Å². The van der Waals surface area contributed by atoms with Crippen LogP contribution in [0.2, 0.25) is 0 Å². The molecule has 11 fully saturated rings. The molecule has 11 saturated carbocycles. The first-order chi connectivity index (χ1) is 13.7. The van der Waals surface area contributed by atoms with Crippen molar-refractivity contribution in [1.29, 1.82) is 0 Å². The Morgan fingerprint density at radius 3 is 1.68 bits per heavy atom. The zero-order valence-corrected chi connectivity index (χ0v) is 17.6. The Morgan fingerprint density at radius 1 is 0.500 bits per heavy atom. The van der Waals surface area contributed by atoms with E-state index < -0.39 is 0 Å². The zero-order valence-electron chi connectivity index (χ0n) is 17.6. The Labute approximate surface area is 170 Å². The molecule has 0 radical (unpaired) electrons. The Bertz CT molecular complexity index is 888. The molecule has 0 saturated heterocycles. The van der Waals surface area contributed by atoms with E-state index >= 15 is 0 Å². The van der Waals surface area contributed by atoms with Crippen molar-refractivity contribution in [1.82, 2.24) is 0 Å². The van der Waals surface area contributed by atoms with Crippen LogP contribution in [-0.2, 0) is 0 Å². The van der Waals surface area contributed by atoms with Crippen molar-refractivity contribution in [3.05, 3.63) is 0 Å². The molecule has 11 aliphatic rings. The van der Waals surface area contributed by atoms with Crippen LogP contribution in [0.4, 0.5) is 0 Å². The van der Waals surface area contributed by atoms with Gasteiger partial charge >= 0.3 is 0 Å². The van der Waals surface area contributed by atoms with Gasteiger partial charge in [-0.1, -0.05) is 13.8 Å². The first-order valence-corrected chi connectivity index (χ1v) is 13.7. The van der Waals surface area contributed by atoms with Crippen LogP contribution in [0.25, 0.3) is 0 Å². The first kappa shape index (κ1) is 14.1. The lowest BCUT2D eigenvalue weighted by molar-refractivity contribution is -0.483. The van der Waals surface area contributed by atoms with E-state index in [0.717, 1.165) is 10.8 Å². The second-order valence-electron chi connectivity index (χ2n) is 15.1. The van der Waals surface area contributed by atoms with Gasteiger partial charge in [0.05, 0.1) is 0 Å². The molecular formula is C28H36. The number of hydrogen-bond acceptors (Lipinski definition) is 0. The third-order valence-electron chi connectivity index (χ3n) is 16.6. The summed E-state index contributed by atoms with van der Waals surface area (Å²) in [6, 6.07) is 0. The highest BCUT2D eigenvalue weighted by Gasteiger charge is 2.91. The van der Waals surface area contributed by atoms with Crippen LogP contribution in [0.1, 0.15) is 52.4 Å². The Hall–Kier alpha value is 0. The fourth-order valence-electron chi connectivity index (χ4n) is 15.8. The minimum Gasteiger partial charge on any atom is -0.0588 e. The molecule has 0 aromatic rings. The normalized spacial score (nSPS) is 88.5. The smallest absolute Gasteiger partial charge is 0.0201 e. The molecule has 20 atom stereocenters. The van der Waals surface area contributed by atoms with Crippen molar-refractivity contribution in [3.63, 3.8) is 0 Å². The van der Waals surface area contributed by atoms with Crippen molar-refractivity contribution in [3.8, 4) is 0 Å². The molecule has 0 spiro atoms. The maximum atomic E-state index is 2.84. The van der Waals surface area contributed by atoms with Crippen LogP contribution in [0.5, 0.6) is 0 Å². The van der Waals surface area contributed by atoms with Crippen LogP contribution in [0, 0.1) is 117 Å². The molecule has 0 amide bonds. The second kappa shape index (κ2) is 3.52. The quantitative estimate of drug-likeness (QED) is 0.487. The average Bonchev–Trinajstić information content (AvgIpc) is 2.61. The lowest BCUT2D eigenvalue weighted by Crippen LogP contribution is -2.91. The molecule has 11 rings (SSSR count). The SMILES string of the molecule is CC12CC3C(CC1C1C4C5C6CCC6C5C4C12C)C1C3C2C3C4CCC4C3C12. The molecule has 0 aromatic heterocycles. The number of hydrogen-bond donors (Lipinski definition) is 0. The molecule has 0 bridgehead atoms. The predicted octanol–water partition coefficient (Wildman–Crippen LogP) is 5.58. The minimum absolute atomic E-state index is 0.775. The van der Waals surface area contributed by atoms with Crippen LogP contribution in [0.3, 0.4) is 0 Å². The van der Waals surface area contributed by atoms with Crippen LogP contribution in [-0.4, -0.2) is 0 Å². The van der Waals surface area contributed by atoms with Gasteiger partial charge in [-0.05, 0) is 156 Å². The van der Waals surface area contributed by atoms with E-state index in [1.807, 2.05) is 0 Å². The highest BCUT2D eigenvalue weighted by molar-refractivity contribution is 5.38. The average molecular weight is 373 g/mol. The van der Waals surface area contributed by atoms with Gasteiger partial charge in [0.1, 0.15) is 0 Å². The van der Waals surface area contributed by atoms with Crippen molar-refractivity contribution in [2.75, 3.05) is 0 Å². The van der Waals surface area contributed by atoms with Gasteiger partial charge in [-0.25, -0.2) is 0 Å². The summed E-state index contributed by atoms with van der Waals surface area (Å²) in [5.74, 6) is 22.3. The fraction of sp³-hybridized carbons (Fsp3) is 1.00. The summed E-state index contributed by atoms with van der Waals surface area (Å²) in [4.78, 5) is 0. The summed E-state index contributed by atoms with van der Waals surface area (Å²) in [6.07, 6.45) is 9.93. The second-order valence-corrected chi connectivity index (χ2v) is 15.1. The van der Waals surface area contributed by atoms with E-state index in [9.17, 15) is 0 Å². The van der Waals surface area contributed by atoms with Gasteiger partial charge in [-0.2, -0.15) is 0 Å².